The number of pyridine rings is 1. The Morgan fingerprint density at radius 1 is 1.15 bits per heavy atom. The van der Waals surface area contributed by atoms with Crippen molar-refractivity contribution in [1.29, 1.82) is 0 Å². The number of hydrogen-bond donors (Lipinski definition) is 1. The van der Waals surface area contributed by atoms with Gasteiger partial charge in [0.05, 0.1) is 12.0 Å². The predicted octanol–water partition coefficient (Wildman–Crippen LogP) is 1.54. The van der Waals surface area contributed by atoms with E-state index < -0.39 is 0 Å². The van der Waals surface area contributed by atoms with E-state index in [1.807, 2.05) is 23.1 Å². The number of nitrogens with one attached hydrogen (secondary N) is 1. The molecule has 1 N–H and O–H groups in total. The molecule has 1 aliphatic heterocycles. The lowest BCUT2D eigenvalue weighted by Gasteiger charge is -2.34. The zero-order valence-electron chi connectivity index (χ0n) is 15.2. The smallest absolute Gasteiger partial charge is 0.244 e. The third-order valence-electron chi connectivity index (χ3n) is 4.42. The largest absolute Gasteiger partial charge is 0.465 e. The topological polar surface area (TPSA) is 78.7 Å². The molecule has 3 rings (SSSR count). The van der Waals surface area contributed by atoms with Crippen LogP contribution in [0.15, 0.2) is 53.3 Å². The van der Waals surface area contributed by atoms with Gasteiger partial charge in [-0.2, -0.15) is 0 Å². The fourth-order valence-electron chi connectivity index (χ4n) is 2.93. The standard InChI is InChI=1S/C20H24N4O3/c25-19(7-6-18-5-3-15-27-18)22-10-8-20(26)24-13-11-23(12-14-24)16-17-4-1-2-9-21-17/h1-7,9,15H,8,10-14,16H2,(H,22,25)/b7-6+. The minimum absolute atomic E-state index is 0.0720. The average molecular weight is 368 g/mol. The Kier molecular flexibility index (Phi) is 6.76. The average Bonchev–Trinajstić information content (AvgIpc) is 3.21. The molecule has 7 heteroatoms. The Hall–Kier alpha value is -2.93. The Labute approximate surface area is 158 Å². The number of nitrogens with zero attached hydrogens (tertiary/aromatic N) is 3. The van der Waals surface area contributed by atoms with Crippen molar-refractivity contribution in [2.75, 3.05) is 32.7 Å². The van der Waals surface area contributed by atoms with Gasteiger partial charge in [-0.1, -0.05) is 6.07 Å². The fraction of sp³-hybridized carbons (Fsp3) is 0.350. The van der Waals surface area contributed by atoms with Crippen LogP contribution in [-0.2, 0) is 16.1 Å². The highest BCUT2D eigenvalue weighted by atomic mass is 16.3. The number of carbonyl (C=O) groups is 2. The van der Waals surface area contributed by atoms with Gasteiger partial charge in [0.1, 0.15) is 5.76 Å². The van der Waals surface area contributed by atoms with E-state index in [0.717, 1.165) is 25.3 Å². The van der Waals surface area contributed by atoms with E-state index in [-0.39, 0.29) is 11.8 Å². The second-order valence-electron chi connectivity index (χ2n) is 6.37. The molecule has 0 spiro atoms. The van der Waals surface area contributed by atoms with Crippen molar-refractivity contribution in [3.63, 3.8) is 0 Å². The molecule has 27 heavy (non-hydrogen) atoms. The molecule has 0 unspecified atom stereocenters. The van der Waals surface area contributed by atoms with Gasteiger partial charge in [0.25, 0.3) is 0 Å². The maximum atomic E-state index is 12.3. The predicted molar refractivity (Wildman–Crippen MR) is 101 cm³/mol. The summed E-state index contributed by atoms with van der Waals surface area (Å²) in [7, 11) is 0. The first-order valence-electron chi connectivity index (χ1n) is 9.10. The molecule has 0 aliphatic carbocycles. The van der Waals surface area contributed by atoms with Crippen LogP contribution in [-0.4, -0.2) is 59.3 Å². The Morgan fingerprint density at radius 3 is 2.70 bits per heavy atom. The van der Waals surface area contributed by atoms with E-state index in [1.165, 1.54) is 6.08 Å². The van der Waals surface area contributed by atoms with Gasteiger partial charge < -0.3 is 14.6 Å². The summed E-state index contributed by atoms with van der Waals surface area (Å²) in [6.07, 6.45) is 6.65. The third kappa shape index (κ3) is 6.07. The molecule has 0 atom stereocenters. The Balaban J connectivity index is 1.33. The van der Waals surface area contributed by atoms with Crippen LogP contribution in [0.25, 0.3) is 6.08 Å². The highest BCUT2D eigenvalue weighted by molar-refractivity contribution is 5.91. The van der Waals surface area contributed by atoms with Crippen molar-refractivity contribution in [3.05, 3.63) is 60.3 Å². The summed E-state index contributed by atoms with van der Waals surface area (Å²) in [5, 5.41) is 2.72. The summed E-state index contributed by atoms with van der Waals surface area (Å²) in [5.41, 5.74) is 1.04. The Morgan fingerprint density at radius 2 is 2.00 bits per heavy atom. The summed E-state index contributed by atoms with van der Waals surface area (Å²) in [5.74, 6) is 0.451. The van der Waals surface area contributed by atoms with Crippen molar-refractivity contribution < 1.29 is 14.0 Å². The van der Waals surface area contributed by atoms with Crippen molar-refractivity contribution in [1.82, 2.24) is 20.1 Å². The molecule has 2 amide bonds. The first-order valence-corrected chi connectivity index (χ1v) is 9.10. The molecular formula is C20H24N4O3. The van der Waals surface area contributed by atoms with E-state index in [1.54, 1.807) is 30.7 Å². The van der Waals surface area contributed by atoms with Crippen LogP contribution in [0.1, 0.15) is 17.9 Å². The van der Waals surface area contributed by atoms with Gasteiger partial charge in [-0.15, -0.1) is 0 Å². The van der Waals surface area contributed by atoms with Gasteiger partial charge in [-0.25, -0.2) is 0 Å². The fourth-order valence-corrected chi connectivity index (χ4v) is 2.93. The number of carbonyl (C=O) groups excluding carboxylic acids is 2. The second-order valence-corrected chi connectivity index (χ2v) is 6.37. The molecule has 0 bridgehead atoms. The lowest BCUT2D eigenvalue weighted by Crippen LogP contribution is -2.48. The summed E-state index contributed by atoms with van der Waals surface area (Å²) in [4.78, 5) is 32.5. The second kappa shape index (κ2) is 9.68. The summed E-state index contributed by atoms with van der Waals surface area (Å²) >= 11 is 0. The Bertz CT molecular complexity index is 751. The van der Waals surface area contributed by atoms with E-state index in [4.69, 9.17) is 4.42 Å². The quantitative estimate of drug-likeness (QED) is 0.750. The van der Waals surface area contributed by atoms with Crippen LogP contribution >= 0.6 is 0 Å². The minimum atomic E-state index is -0.237. The van der Waals surface area contributed by atoms with E-state index in [2.05, 4.69) is 15.2 Å². The maximum Gasteiger partial charge on any atom is 0.244 e. The normalized spacial score (nSPS) is 15.2. The molecule has 7 nitrogen and oxygen atoms in total. The highest BCUT2D eigenvalue weighted by Crippen LogP contribution is 2.07. The number of hydrogen-bond acceptors (Lipinski definition) is 5. The third-order valence-corrected chi connectivity index (χ3v) is 4.42. The summed E-state index contributed by atoms with van der Waals surface area (Å²) in [6.45, 7) is 4.21. The summed E-state index contributed by atoms with van der Waals surface area (Å²) in [6, 6.07) is 9.43. The van der Waals surface area contributed by atoms with Crippen molar-refractivity contribution in [3.8, 4) is 0 Å². The van der Waals surface area contributed by atoms with Gasteiger partial charge in [0, 0.05) is 58.0 Å². The maximum absolute atomic E-state index is 12.3. The molecule has 0 radical (unpaired) electrons. The summed E-state index contributed by atoms with van der Waals surface area (Å²) < 4.78 is 5.12. The zero-order valence-corrected chi connectivity index (χ0v) is 15.2. The molecular weight excluding hydrogens is 344 g/mol. The van der Waals surface area contributed by atoms with Gasteiger partial charge in [0.15, 0.2) is 0 Å². The van der Waals surface area contributed by atoms with Crippen LogP contribution in [0.3, 0.4) is 0 Å². The van der Waals surface area contributed by atoms with Crippen LogP contribution < -0.4 is 5.32 Å². The number of amides is 2. The number of aromatic nitrogens is 1. The monoisotopic (exact) mass is 368 g/mol. The molecule has 2 aromatic heterocycles. The lowest BCUT2D eigenvalue weighted by molar-refractivity contribution is -0.133. The molecule has 1 fully saturated rings. The van der Waals surface area contributed by atoms with E-state index in [9.17, 15) is 9.59 Å². The molecule has 0 saturated carbocycles. The van der Waals surface area contributed by atoms with Gasteiger partial charge in [-0.05, 0) is 30.3 Å². The number of rotatable bonds is 7. The van der Waals surface area contributed by atoms with Crippen molar-refractivity contribution >= 4 is 17.9 Å². The van der Waals surface area contributed by atoms with E-state index >= 15 is 0 Å². The lowest BCUT2D eigenvalue weighted by atomic mass is 10.2. The zero-order chi connectivity index (χ0) is 18.9. The molecule has 2 aromatic rings. The first kappa shape index (κ1) is 18.8. The van der Waals surface area contributed by atoms with Gasteiger partial charge >= 0.3 is 0 Å². The number of piperazine rings is 1. The first-order chi connectivity index (χ1) is 13.2. The molecule has 0 aromatic carbocycles. The molecule has 1 aliphatic rings. The molecule has 3 heterocycles. The highest BCUT2D eigenvalue weighted by Gasteiger charge is 2.21. The number of furan rings is 1. The van der Waals surface area contributed by atoms with Crippen LogP contribution in [0.2, 0.25) is 0 Å². The van der Waals surface area contributed by atoms with Crippen molar-refractivity contribution in [2.45, 2.75) is 13.0 Å². The van der Waals surface area contributed by atoms with Gasteiger partial charge in [0.2, 0.25) is 11.8 Å². The van der Waals surface area contributed by atoms with Crippen LogP contribution in [0, 0.1) is 0 Å². The minimum Gasteiger partial charge on any atom is -0.465 e. The molecule has 142 valence electrons. The molecule has 1 saturated heterocycles. The van der Waals surface area contributed by atoms with Crippen molar-refractivity contribution in [2.24, 2.45) is 0 Å². The SMILES string of the molecule is O=C(/C=C/c1ccco1)NCCC(=O)N1CCN(Cc2ccccn2)CC1. The van der Waals surface area contributed by atoms with Crippen LogP contribution in [0.5, 0.6) is 0 Å². The van der Waals surface area contributed by atoms with Gasteiger partial charge in [-0.3, -0.25) is 19.5 Å². The van der Waals surface area contributed by atoms with E-state index in [0.29, 0.717) is 31.8 Å². The van der Waals surface area contributed by atoms with Crippen LogP contribution in [0.4, 0.5) is 0 Å².